The van der Waals surface area contributed by atoms with E-state index in [0.717, 1.165) is 32.4 Å². The van der Waals surface area contributed by atoms with Crippen molar-refractivity contribution in [3.05, 3.63) is 24.3 Å². The van der Waals surface area contributed by atoms with Crippen LogP contribution in [0.3, 0.4) is 0 Å². The van der Waals surface area contributed by atoms with Crippen LogP contribution in [0, 0.1) is 5.92 Å². The molecule has 8 heteroatoms. The van der Waals surface area contributed by atoms with Crippen LogP contribution in [0.2, 0.25) is 0 Å². The van der Waals surface area contributed by atoms with Crippen molar-refractivity contribution in [3.63, 3.8) is 0 Å². The highest BCUT2D eigenvalue weighted by Crippen LogP contribution is 2.18. The Labute approximate surface area is 149 Å². The van der Waals surface area contributed by atoms with Crippen molar-refractivity contribution in [1.29, 1.82) is 0 Å². The highest BCUT2D eigenvalue weighted by atomic mass is 35.5. The van der Waals surface area contributed by atoms with Crippen LogP contribution in [-0.4, -0.2) is 56.9 Å². The molecule has 1 aromatic rings. The van der Waals surface area contributed by atoms with Crippen LogP contribution >= 0.6 is 12.4 Å². The third kappa shape index (κ3) is 6.30. The van der Waals surface area contributed by atoms with E-state index in [4.69, 9.17) is 9.84 Å². The zero-order chi connectivity index (χ0) is 16.9. The molecule has 1 fully saturated rings. The van der Waals surface area contributed by atoms with Crippen molar-refractivity contribution < 1.29 is 23.1 Å². The van der Waals surface area contributed by atoms with Gasteiger partial charge in [-0.05, 0) is 50.1 Å². The average Bonchev–Trinajstić information content (AvgIpc) is 2.51. The maximum absolute atomic E-state index is 11.4. The van der Waals surface area contributed by atoms with E-state index in [-0.39, 0.29) is 23.2 Å². The lowest BCUT2D eigenvalue weighted by atomic mass is 9.98. The summed E-state index contributed by atoms with van der Waals surface area (Å²) in [5.74, 6) is -0.329. The lowest BCUT2D eigenvalue weighted by Gasteiger charge is -2.30. The van der Waals surface area contributed by atoms with E-state index >= 15 is 0 Å². The number of carboxylic acid groups (broad SMARTS) is 1. The number of halogens is 1. The minimum atomic E-state index is -3.18. The van der Waals surface area contributed by atoms with Crippen LogP contribution in [0.1, 0.15) is 19.3 Å². The number of likely N-dealkylation sites (tertiary alicyclic amines) is 1. The molecule has 1 heterocycles. The highest BCUT2D eigenvalue weighted by molar-refractivity contribution is 7.90. The van der Waals surface area contributed by atoms with Gasteiger partial charge in [0.25, 0.3) is 0 Å². The molecule has 1 aliphatic heterocycles. The molecule has 0 saturated carbocycles. The Balaban J connectivity index is 0.00000288. The smallest absolute Gasteiger partial charge is 0.307 e. The van der Waals surface area contributed by atoms with Crippen LogP contribution in [0.25, 0.3) is 0 Å². The zero-order valence-corrected chi connectivity index (χ0v) is 15.3. The molecule has 0 radical (unpaired) electrons. The summed E-state index contributed by atoms with van der Waals surface area (Å²) in [6, 6.07) is 6.37. The summed E-state index contributed by atoms with van der Waals surface area (Å²) in [4.78, 5) is 13.5. The Morgan fingerprint density at radius 3 is 2.58 bits per heavy atom. The Bertz CT molecular complexity index is 632. The minimum absolute atomic E-state index is 0. The molecule has 0 spiro atoms. The molecule has 1 saturated heterocycles. The lowest BCUT2D eigenvalue weighted by Crippen LogP contribution is -2.39. The third-order valence-electron chi connectivity index (χ3n) is 3.99. The second-order valence-electron chi connectivity index (χ2n) is 5.92. The summed E-state index contributed by atoms with van der Waals surface area (Å²) in [7, 11) is -3.18. The molecular weight excluding hydrogens is 354 g/mol. The Morgan fingerprint density at radius 1 is 1.33 bits per heavy atom. The second-order valence-corrected chi connectivity index (χ2v) is 7.94. The van der Waals surface area contributed by atoms with E-state index in [1.54, 1.807) is 12.1 Å². The predicted octanol–water partition coefficient (Wildman–Crippen LogP) is 2.08. The van der Waals surface area contributed by atoms with Gasteiger partial charge in [-0.15, -0.1) is 12.4 Å². The van der Waals surface area contributed by atoms with Crippen molar-refractivity contribution >= 4 is 28.2 Å². The number of sulfone groups is 1. The normalized spacial score (nSPS) is 18.6. The molecule has 2 rings (SSSR count). The zero-order valence-electron chi connectivity index (χ0n) is 13.7. The summed E-state index contributed by atoms with van der Waals surface area (Å²) < 4.78 is 28.3. The molecule has 1 aromatic carbocycles. The van der Waals surface area contributed by atoms with E-state index in [9.17, 15) is 13.2 Å². The van der Waals surface area contributed by atoms with Crippen molar-refractivity contribution in [3.8, 4) is 5.75 Å². The van der Waals surface area contributed by atoms with Gasteiger partial charge in [-0.3, -0.25) is 4.79 Å². The van der Waals surface area contributed by atoms with Gasteiger partial charge in [0, 0.05) is 19.3 Å². The molecular formula is C16H24ClNO5S. The van der Waals surface area contributed by atoms with Crippen LogP contribution in [0.15, 0.2) is 29.2 Å². The van der Waals surface area contributed by atoms with Crippen molar-refractivity contribution in [1.82, 2.24) is 4.90 Å². The monoisotopic (exact) mass is 377 g/mol. The van der Waals surface area contributed by atoms with E-state index in [1.165, 1.54) is 18.4 Å². The van der Waals surface area contributed by atoms with E-state index < -0.39 is 15.8 Å². The van der Waals surface area contributed by atoms with Crippen molar-refractivity contribution in [2.75, 3.05) is 32.5 Å². The topological polar surface area (TPSA) is 83.9 Å². The fourth-order valence-corrected chi connectivity index (χ4v) is 3.35. The quantitative estimate of drug-likeness (QED) is 0.732. The summed E-state index contributed by atoms with van der Waals surface area (Å²) in [6.07, 6.45) is 3.66. The maximum Gasteiger partial charge on any atom is 0.307 e. The fraction of sp³-hybridized carbons (Fsp3) is 0.562. The van der Waals surface area contributed by atoms with Crippen molar-refractivity contribution in [2.45, 2.75) is 24.2 Å². The minimum Gasteiger partial charge on any atom is -0.494 e. The molecule has 0 amide bonds. The summed E-state index contributed by atoms with van der Waals surface area (Å²) >= 11 is 0. The SMILES string of the molecule is CS(=O)(=O)c1ccc(OCCCN2CCCC(C(=O)O)C2)cc1.Cl. The number of carboxylic acids is 1. The molecule has 136 valence electrons. The average molecular weight is 378 g/mol. The third-order valence-corrected chi connectivity index (χ3v) is 5.12. The number of aliphatic carboxylic acids is 1. The first-order chi connectivity index (χ1) is 10.9. The molecule has 0 bridgehead atoms. The van der Waals surface area contributed by atoms with Gasteiger partial charge in [-0.1, -0.05) is 0 Å². The number of rotatable bonds is 7. The lowest BCUT2D eigenvalue weighted by molar-refractivity contribution is -0.143. The van der Waals surface area contributed by atoms with E-state index in [1.807, 2.05) is 0 Å². The van der Waals surface area contributed by atoms with Gasteiger partial charge in [0.05, 0.1) is 17.4 Å². The highest BCUT2D eigenvalue weighted by Gasteiger charge is 2.24. The van der Waals surface area contributed by atoms with E-state index in [0.29, 0.717) is 18.9 Å². The van der Waals surface area contributed by atoms with Gasteiger partial charge in [-0.25, -0.2) is 8.42 Å². The molecule has 6 nitrogen and oxygen atoms in total. The first-order valence-corrected chi connectivity index (χ1v) is 9.63. The fourth-order valence-electron chi connectivity index (χ4n) is 2.72. The number of carbonyl (C=O) groups is 1. The van der Waals surface area contributed by atoms with Crippen molar-refractivity contribution in [2.24, 2.45) is 5.92 Å². The van der Waals surface area contributed by atoms with Crippen LogP contribution in [-0.2, 0) is 14.6 Å². The Hall–Kier alpha value is -1.31. The predicted molar refractivity (Wildman–Crippen MR) is 93.7 cm³/mol. The summed E-state index contributed by atoms with van der Waals surface area (Å²) in [5, 5.41) is 9.06. The molecule has 0 aromatic heterocycles. The molecule has 0 aliphatic carbocycles. The number of hydrogen-bond acceptors (Lipinski definition) is 5. The number of piperidine rings is 1. The second kappa shape index (κ2) is 9.25. The number of hydrogen-bond donors (Lipinski definition) is 1. The maximum atomic E-state index is 11.4. The standard InChI is InChI=1S/C16H23NO5S.ClH/c1-23(20,21)15-7-5-14(6-8-15)22-11-3-10-17-9-2-4-13(12-17)16(18)19;/h5-8,13H,2-4,9-12H2,1H3,(H,18,19);1H. The number of ether oxygens (including phenoxy) is 1. The summed E-state index contributed by atoms with van der Waals surface area (Å²) in [6.45, 7) is 2.88. The van der Waals surface area contributed by atoms with Gasteiger partial charge in [0.15, 0.2) is 9.84 Å². The number of nitrogens with zero attached hydrogens (tertiary/aromatic N) is 1. The van der Waals surface area contributed by atoms with Crippen LogP contribution < -0.4 is 4.74 Å². The van der Waals surface area contributed by atoms with Crippen LogP contribution in [0.5, 0.6) is 5.75 Å². The number of benzene rings is 1. The summed E-state index contributed by atoms with van der Waals surface area (Å²) in [5.41, 5.74) is 0. The molecule has 24 heavy (non-hydrogen) atoms. The van der Waals surface area contributed by atoms with E-state index in [2.05, 4.69) is 4.90 Å². The largest absolute Gasteiger partial charge is 0.494 e. The van der Waals surface area contributed by atoms with Crippen LogP contribution in [0.4, 0.5) is 0 Å². The van der Waals surface area contributed by atoms with Gasteiger partial charge in [0.2, 0.25) is 0 Å². The van der Waals surface area contributed by atoms with Gasteiger partial charge >= 0.3 is 5.97 Å². The van der Waals surface area contributed by atoms with Gasteiger partial charge < -0.3 is 14.7 Å². The first kappa shape index (κ1) is 20.7. The molecule has 1 unspecified atom stereocenters. The molecule has 1 aliphatic rings. The van der Waals surface area contributed by atoms with Gasteiger partial charge in [-0.2, -0.15) is 0 Å². The Morgan fingerprint density at radius 2 is 2.00 bits per heavy atom. The van der Waals surface area contributed by atoms with Gasteiger partial charge in [0.1, 0.15) is 5.75 Å². The molecule has 1 N–H and O–H groups in total. The Kier molecular flexibility index (Phi) is 7.99. The first-order valence-electron chi connectivity index (χ1n) is 7.74. The molecule has 1 atom stereocenters.